The van der Waals surface area contributed by atoms with Crippen molar-refractivity contribution in [2.75, 3.05) is 19.3 Å². The van der Waals surface area contributed by atoms with E-state index in [9.17, 15) is 9.90 Å². The Morgan fingerprint density at radius 1 is 1.64 bits per heavy atom. The van der Waals surface area contributed by atoms with Gasteiger partial charge in [0.2, 0.25) is 5.91 Å². The molecule has 3 nitrogen and oxygen atoms in total. The molecule has 0 aromatic carbocycles. The second-order valence-electron chi connectivity index (χ2n) is 4.37. The van der Waals surface area contributed by atoms with Gasteiger partial charge in [0.25, 0.3) is 0 Å². The van der Waals surface area contributed by atoms with Crippen LogP contribution in [0.5, 0.6) is 0 Å². The van der Waals surface area contributed by atoms with Crippen molar-refractivity contribution in [2.24, 2.45) is 0 Å². The predicted octanol–water partition coefficient (Wildman–Crippen LogP) is 0.865. The Bertz CT molecular complexity index is 235. The molecule has 1 heterocycles. The van der Waals surface area contributed by atoms with Gasteiger partial charge in [0.15, 0.2) is 0 Å². The molecule has 1 atom stereocenters. The third kappa shape index (κ3) is 1.77. The number of amides is 1. The molecule has 2 fully saturated rings. The number of rotatable bonds is 3. The van der Waals surface area contributed by atoms with Crippen LogP contribution < -0.4 is 0 Å². The first kappa shape index (κ1) is 10.3. The van der Waals surface area contributed by atoms with Crippen molar-refractivity contribution >= 4 is 17.7 Å². The first-order chi connectivity index (χ1) is 6.65. The standard InChI is InChI=1S/C10H17NO2S/c1-14-10(3-2-4-10)7-11-6-8(12)5-9(11)13/h8,12H,2-7H2,1H3. The quantitative estimate of drug-likeness (QED) is 0.759. The summed E-state index contributed by atoms with van der Waals surface area (Å²) in [5.74, 6) is 0.123. The van der Waals surface area contributed by atoms with Crippen LogP contribution in [0, 0.1) is 0 Å². The van der Waals surface area contributed by atoms with E-state index in [-0.39, 0.29) is 5.91 Å². The van der Waals surface area contributed by atoms with Crippen LogP contribution in [0.1, 0.15) is 25.7 Å². The summed E-state index contributed by atoms with van der Waals surface area (Å²) in [6.45, 7) is 1.38. The average Bonchev–Trinajstić information content (AvgIpc) is 2.38. The van der Waals surface area contributed by atoms with Crippen molar-refractivity contribution in [2.45, 2.75) is 36.5 Å². The van der Waals surface area contributed by atoms with E-state index in [4.69, 9.17) is 0 Å². The summed E-state index contributed by atoms with van der Waals surface area (Å²) in [5, 5.41) is 9.36. The maximum atomic E-state index is 11.5. The fourth-order valence-corrected chi connectivity index (χ4v) is 3.23. The Hall–Kier alpha value is -0.220. The molecule has 0 aromatic heterocycles. The molecule has 1 saturated carbocycles. The molecule has 14 heavy (non-hydrogen) atoms. The van der Waals surface area contributed by atoms with Crippen molar-refractivity contribution in [3.63, 3.8) is 0 Å². The Labute approximate surface area is 88.9 Å². The van der Waals surface area contributed by atoms with Gasteiger partial charge in [0.05, 0.1) is 12.5 Å². The second-order valence-corrected chi connectivity index (χ2v) is 5.65. The number of aliphatic hydroxyl groups excluding tert-OH is 1. The average molecular weight is 215 g/mol. The number of carbonyl (C=O) groups excluding carboxylic acids is 1. The summed E-state index contributed by atoms with van der Waals surface area (Å²) in [7, 11) is 0. The number of hydrogen-bond donors (Lipinski definition) is 1. The highest BCUT2D eigenvalue weighted by Crippen LogP contribution is 2.43. The Balaban J connectivity index is 1.93. The van der Waals surface area contributed by atoms with Gasteiger partial charge >= 0.3 is 0 Å². The fraction of sp³-hybridized carbons (Fsp3) is 0.900. The van der Waals surface area contributed by atoms with Crippen LogP contribution in [-0.2, 0) is 4.79 Å². The van der Waals surface area contributed by atoms with Gasteiger partial charge in [-0.25, -0.2) is 0 Å². The van der Waals surface area contributed by atoms with E-state index < -0.39 is 6.10 Å². The van der Waals surface area contributed by atoms with E-state index >= 15 is 0 Å². The number of carbonyl (C=O) groups is 1. The highest BCUT2D eigenvalue weighted by molar-refractivity contribution is 8.00. The predicted molar refractivity (Wildman–Crippen MR) is 57.3 cm³/mol. The lowest BCUT2D eigenvalue weighted by atomic mass is 9.84. The van der Waals surface area contributed by atoms with Crippen LogP contribution in [0.25, 0.3) is 0 Å². The van der Waals surface area contributed by atoms with Gasteiger partial charge in [-0.2, -0.15) is 11.8 Å². The molecule has 1 saturated heterocycles. The summed E-state index contributed by atoms with van der Waals surface area (Å²) < 4.78 is 0.305. The lowest BCUT2D eigenvalue weighted by Gasteiger charge is -2.42. The minimum absolute atomic E-state index is 0.123. The topological polar surface area (TPSA) is 40.5 Å². The van der Waals surface area contributed by atoms with Gasteiger partial charge in [0, 0.05) is 17.8 Å². The molecule has 0 spiro atoms. The number of thioether (sulfide) groups is 1. The Morgan fingerprint density at radius 2 is 2.36 bits per heavy atom. The van der Waals surface area contributed by atoms with E-state index in [0.717, 1.165) is 6.54 Å². The van der Waals surface area contributed by atoms with Crippen molar-refractivity contribution in [1.29, 1.82) is 0 Å². The molecular weight excluding hydrogens is 198 g/mol. The third-order valence-corrected chi connectivity index (χ3v) is 4.77. The summed E-state index contributed by atoms with van der Waals surface area (Å²) in [4.78, 5) is 13.3. The first-order valence-electron chi connectivity index (χ1n) is 5.16. The second kappa shape index (κ2) is 3.74. The van der Waals surface area contributed by atoms with Crippen molar-refractivity contribution in [3.05, 3.63) is 0 Å². The van der Waals surface area contributed by atoms with E-state index in [1.165, 1.54) is 19.3 Å². The molecule has 2 rings (SSSR count). The monoisotopic (exact) mass is 215 g/mol. The van der Waals surface area contributed by atoms with Crippen LogP contribution in [0.15, 0.2) is 0 Å². The molecule has 1 aliphatic carbocycles. The van der Waals surface area contributed by atoms with Crippen LogP contribution in [0.4, 0.5) is 0 Å². The van der Waals surface area contributed by atoms with Gasteiger partial charge in [-0.15, -0.1) is 0 Å². The molecule has 80 valence electrons. The van der Waals surface area contributed by atoms with E-state index in [0.29, 0.717) is 17.7 Å². The van der Waals surface area contributed by atoms with E-state index in [1.54, 1.807) is 0 Å². The molecule has 1 aliphatic heterocycles. The van der Waals surface area contributed by atoms with Crippen molar-refractivity contribution in [1.82, 2.24) is 4.90 Å². The first-order valence-corrected chi connectivity index (χ1v) is 6.39. The van der Waals surface area contributed by atoms with Crippen LogP contribution in [-0.4, -0.2) is 46.1 Å². The lowest BCUT2D eigenvalue weighted by Crippen LogP contribution is -2.46. The zero-order valence-corrected chi connectivity index (χ0v) is 9.35. The largest absolute Gasteiger partial charge is 0.391 e. The smallest absolute Gasteiger partial charge is 0.225 e. The number of aliphatic hydroxyl groups is 1. The lowest BCUT2D eigenvalue weighted by molar-refractivity contribution is -0.128. The molecule has 0 aromatic rings. The van der Waals surface area contributed by atoms with Gasteiger partial charge in [0.1, 0.15) is 0 Å². The molecule has 0 radical (unpaired) electrons. The molecule has 1 N–H and O–H groups in total. The highest BCUT2D eigenvalue weighted by atomic mass is 32.2. The summed E-state index contributed by atoms with van der Waals surface area (Å²) in [6.07, 6.45) is 5.73. The molecule has 1 amide bonds. The Morgan fingerprint density at radius 3 is 2.71 bits per heavy atom. The molecule has 1 unspecified atom stereocenters. The number of hydrogen-bond acceptors (Lipinski definition) is 3. The van der Waals surface area contributed by atoms with Crippen molar-refractivity contribution in [3.8, 4) is 0 Å². The molecule has 4 heteroatoms. The number of β-amino-alcohol motifs (C(OH)–C–C–N with tert-alkyl or cyclic N) is 1. The summed E-state index contributed by atoms with van der Waals surface area (Å²) in [5.41, 5.74) is 0. The van der Waals surface area contributed by atoms with Gasteiger partial charge in [-0.05, 0) is 19.1 Å². The van der Waals surface area contributed by atoms with Gasteiger partial charge < -0.3 is 10.0 Å². The van der Waals surface area contributed by atoms with E-state index in [2.05, 4.69) is 6.26 Å². The highest BCUT2D eigenvalue weighted by Gasteiger charge is 2.41. The SMILES string of the molecule is CSC1(CN2CC(O)CC2=O)CCC1. The normalized spacial score (nSPS) is 30.6. The van der Waals surface area contributed by atoms with Crippen molar-refractivity contribution < 1.29 is 9.90 Å². The van der Waals surface area contributed by atoms with Gasteiger partial charge in [-0.3, -0.25) is 4.79 Å². The van der Waals surface area contributed by atoms with Crippen LogP contribution in [0.3, 0.4) is 0 Å². The molecule has 2 aliphatic rings. The number of likely N-dealkylation sites (tertiary alicyclic amines) is 1. The molecular formula is C10H17NO2S. The fourth-order valence-electron chi connectivity index (χ4n) is 2.25. The maximum absolute atomic E-state index is 11.5. The zero-order chi connectivity index (χ0) is 10.2. The van der Waals surface area contributed by atoms with Crippen LogP contribution in [0.2, 0.25) is 0 Å². The van der Waals surface area contributed by atoms with Gasteiger partial charge in [-0.1, -0.05) is 6.42 Å². The van der Waals surface area contributed by atoms with E-state index in [1.807, 2.05) is 16.7 Å². The zero-order valence-electron chi connectivity index (χ0n) is 8.53. The minimum Gasteiger partial charge on any atom is -0.391 e. The molecule has 0 bridgehead atoms. The minimum atomic E-state index is -0.429. The maximum Gasteiger partial charge on any atom is 0.225 e. The number of nitrogens with zero attached hydrogens (tertiary/aromatic N) is 1. The Kier molecular flexibility index (Phi) is 2.75. The summed E-state index contributed by atoms with van der Waals surface area (Å²) >= 11 is 1.87. The van der Waals surface area contributed by atoms with Crippen LogP contribution >= 0.6 is 11.8 Å². The third-order valence-electron chi connectivity index (χ3n) is 3.37. The summed E-state index contributed by atoms with van der Waals surface area (Å²) in [6, 6.07) is 0.